The molecule has 1 N–H and O–H groups in total. The van der Waals surface area contributed by atoms with Gasteiger partial charge in [0.05, 0.1) is 23.2 Å². The Balaban J connectivity index is 1.60. The number of rotatable bonds is 7. The Morgan fingerprint density at radius 1 is 1.06 bits per heavy atom. The molecule has 0 aliphatic rings. The number of imidazole rings is 1. The fourth-order valence-electron chi connectivity index (χ4n) is 3.19. The number of allylic oxidation sites excluding steroid dienone is 1. The molecule has 1 aromatic heterocycles. The van der Waals surface area contributed by atoms with Crippen LogP contribution in [0.2, 0.25) is 5.02 Å². The summed E-state index contributed by atoms with van der Waals surface area (Å²) >= 11 is 6.05. The smallest absolute Gasteiger partial charge is 0.161 e. The molecular formula is C25H20ClN3O2. The van der Waals surface area contributed by atoms with E-state index >= 15 is 0 Å². The first-order chi connectivity index (χ1) is 15.2. The van der Waals surface area contributed by atoms with E-state index in [0.717, 1.165) is 22.2 Å². The molecule has 0 bridgehead atoms. The summed E-state index contributed by atoms with van der Waals surface area (Å²) in [7, 11) is 0. The van der Waals surface area contributed by atoms with Gasteiger partial charge in [0.2, 0.25) is 0 Å². The average molecular weight is 430 g/mol. The number of aromatic nitrogens is 2. The molecule has 0 unspecified atom stereocenters. The number of ether oxygens (including phenoxy) is 2. The quantitative estimate of drug-likeness (QED) is 0.352. The molecule has 154 valence electrons. The Morgan fingerprint density at radius 2 is 1.94 bits per heavy atom. The molecular weight excluding hydrogens is 410 g/mol. The zero-order valence-corrected chi connectivity index (χ0v) is 17.7. The molecule has 31 heavy (non-hydrogen) atoms. The van der Waals surface area contributed by atoms with Gasteiger partial charge in [-0.25, -0.2) is 4.98 Å². The molecule has 0 radical (unpaired) electrons. The number of nitrogens with zero attached hydrogens (tertiary/aromatic N) is 2. The van der Waals surface area contributed by atoms with Crippen LogP contribution < -0.4 is 9.47 Å². The molecule has 4 aromatic rings. The standard InChI is InChI=1S/C25H20ClN3O2/c1-2-30-24-14-17(10-11-23(24)31-16-18-6-5-7-20(26)13-18)12-19(15-27)25-28-21-8-3-4-9-22(21)29-25/h3-14H,2,16H2,1H3,(H,28,29)/b19-12+. The molecule has 0 fully saturated rings. The molecule has 0 aliphatic carbocycles. The van der Waals surface area contributed by atoms with Gasteiger partial charge in [0.15, 0.2) is 11.5 Å². The van der Waals surface area contributed by atoms with Crippen LogP contribution in [0.3, 0.4) is 0 Å². The lowest BCUT2D eigenvalue weighted by atomic mass is 10.1. The van der Waals surface area contributed by atoms with Crippen LogP contribution in [0.4, 0.5) is 0 Å². The van der Waals surface area contributed by atoms with Gasteiger partial charge in [-0.3, -0.25) is 0 Å². The molecule has 0 amide bonds. The van der Waals surface area contributed by atoms with Crippen molar-refractivity contribution >= 4 is 34.3 Å². The minimum absolute atomic E-state index is 0.373. The van der Waals surface area contributed by atoms with Gasteiger partial charge in [0.25, 0.3) is 0 Å². The Kier molecular flexibility index (Phi) is 6.21. The lowest BCUT2D eigenvalue weighted by Crippen LogP contribution is -2.00. The average Bonchev–Trinajstić information content (AvgIpc) is 3.21. The van der Waals surface area contributed by atoms with Crippen LogP contribution in [0.25, 0.3) is 22.7 Å². The summed E-state index contributed by atoms with van der Waals surface area (Å²) < 4.78 is 11.7. The number of fused-ring (bicyclic) bond motifs is 1. The van der Waals surface area contributed by atoms with Gasteiger partial charge in [-0.05, 0) is 60.5 Å². The first-order valence-electron chi connectivity index (χ1n) is 9.87. The molecule has 0 saturated carbocycles. The Bertz CT molecular complexity index is 1250. The molecule has 0 spiro atoms. The summed E-state index contributed by atoms with van der Waals surface area (Å²) in [6.45, 7) is 2.78. The van der Waals surface area contributed by atoms with Gasteiger partial charge in [-0.1, -0.05) is 41.9 Å². The molecule has 4 rings (SSSR count). The number of hydrogen-bond donors (Lipinski definition) is 1. The second-order valence-electron chi connectivity index (χ2n) is 6.83. The lowest BCUT2D eigenvalue weighted by Gasteiger charge is -2.13. The number of hydrogen-bond acceptors (Lipinski definition) is 4. The van der Waals surface area contributed by atoms with Crippen molar-refractivity contribution < 1.29 is 9.47 Å². The first-order valence-corrected chi connectivity index (χ1v) is 10.2. The van der Waals surface area contributed by atoms with Crippen molar-refractivity contribution in [1.29, 1.82) is 5.26 Å². The topological polar surface area (TPSA) is 70.9 Å². The van der Waals surface area contributed by atoms with Gasteiger partial charge >= 0.3 is 0 Å². The fourth-order valence-corrected chi connectivity index (χ4v) is 3.40. The zero-order valence-electron chi connectivity index (χ0n) is 16.9. The fraction of sp³-hybridized carbons (Fsp3) is 0.120. The van der Waals surface area contributed by atoms with Crippen LogP contribution in [-0.4, -0.2) is 16.6 Å². The first kappa shape index (κ1) is 20.5. The minimum atomic E-state index is 0.373. The molecule has 0 saturated heterocycles. The van der Waals surface area contributed by atoms with E-state index in [1.165, 1.54) is 0 Å². The summed E-state index contributed by atoms with van der Waals surface area (Å²) in [4.78, 5) is 7.71. The summed E-state index contributed by atoms with van der Waals surface area (Å²) in [5.41, 5.74) is 3.93. The van der Waals surface area contributed by atoms with Crippen molar-refractivity contribution in [3.8, 4) is 17.6 Å². The van der Waals surface area contributed by atoms with Crippen LogP contribution in [0.1, 0.15) is 23.9 Å². The highest BCUT2D eigenvalue weighted by molar-refractivity contribution is 6.30. The maximum Gasteiger partial charge on any atom is 0.161 e. The van der Waals surface area contributed by atoms with E-state index in [2.05, 4.69) is 16.0 Å². The number of halogens is 1. The number of nitrogens with one attached hydrogen (secondary N) is 1. The third-order valence-corrected chi connectivity index (χ3v) is 4.86. The van der Waals surface area contributed by atoms with E-state index in [1.54, 1.807) is 6.08 Å². The van der Waals surface area contributed by atoms with Crippen LogP contribution in [-0.2, 0) is 6.61 Å². The second kappa shape index (κ2) is 9.38. The van der Waals surface area contributed by atoms with E-state index in [0.29, 0.717) is 41.1 Å². The van der Waals surface area contributed by atoms with E-state index in [1.807, 2.05) is 73.7 Å². The van der Waals surface area contributed by atoms with Crippen LogP contribution in [0.5, 0.6) is 11.5 Å². The minimum Gasteiger partial charge on any atom is -0.490 e. The highest BCUT2D eigenvalue weighted by atomic mass is 35.5. The van der Waals surface area contributed by atoms with Crippen molar-refractivity contribution in [3.63, 3.8) is 0 Å². The van der Waals surface area contributed by atoms with Gasteiger partial charge in [0.1, 0.15) is 18.5 Å². The number of para-hydroxylation sites is 2. The predicted molar refractivity (Wildman–Crippen MR) is 123 cm³/mol. The van der Waals surface area contributed by atoms with Gasteiger partial charge in [-0.2, -0.15) is 5.26 Å². The van der Waals surface area contributed by atoms with E-state index in [-0.39, 0.29) is 0 Å². The highest BCUT2D eigenvalue weighted by Gasteiger charge is 2.10. The van der Waals surface area contributed by atoms with Gasteiger partial charge in [-0.15, -0.1) is 0 Å². The van der Waals surface area contributed by atoms with E-state index < -0.39 is 0 Å². The summed E-state index contributed by atoms with van der Waals surface area (Å²) in [5, 5.41) is 10.3. The van der Waals surface area contributed by atoms with Crippen molar-refractivity contribution in [3.05, 3.63) is 88.7 Å². The number of benzene rings is 3. The number of aromatic amines is 1. The van der Waals surface area contributed by atoms with Gasteiger partial charge in [0, 0.05) is 5.02 Å². The highest BCUT2D eigenvalue weighted by Crippen LogP contribution is 2.31. The van der Waals surface area contributed by atoms with Gasteiger partial charge < -0.3 is 14.5 Å². The maximum absolute atomic E-state index is 9.68. The SMILES string of the molecule is CCOc1cc(/C=C(\C#N)c2nc3ccccc3[nH]2)ccc1OCc1cccc(Cl)c1. The van der Waals surface area contributed by atoms with Crippen molar-refractivity contribution in [2.45, 2.75) is 13.5 Å². The third kappa shape index (κ3) is 4.88. The summed E-state index contributed by atoms with van der Waals surface area (Å²) in [6, 6.07) is 23.0. The monoisotopic (exact) mass is 429 g/mol. The Hall–Kier alpha value is -3.75. The Morgan fingerprint density at radius 3 is 2.71 bits per heavy atom. The van der Waals surface area contributed by atoms with Crippen molar-refractivity contribution in [2.75, 3.05) is 6.61 Å². The molecule has 1 heterocycles. The second-order valence-corrected chi connectivity index (χ2v) is 7.27. The zero-order chi connectivity index (χ0) is 21.6. The molecule has 3 aromatic carbocycles. The molecule has 0 aliphatic heterocycles. The molecule has 5 nitrogen and oxygen atoms in total. The number of H-pyrrole nitrogens is 1. The van der Waals surface area contributed by atoms with E-state index in [4.69, 9.17) is 21.1 Å². The molecule has 6 heteroatoms. The van der Waals surface area contributed by atoms with Crippen molar-refractivity contribution in [2.24, 2.45) is 0 Å². The molecule has 0 atom stereocenters. The van der Waals surface area contributed by atoms with Crippen molar-refractivity contribution in [1.82, 2.24) is 9.97 Å². The Labute approximate surface area is 185 Å². The normalized spacial score (nSPS) is 11.3. The third-order valence-electron chi connectivity index (χ3n) is 4.63. The van der Waals surface area contributed by atoms with E-state index in [9.17, 15) is 5.26 Å². The predicted octanol–water partition coefficient (Wildman–Crippen LogP) is 6.26. The van der Waals surface area contributed by atoms with Crippen LogP contribution in [0.15, 0.2) is 66.7 Å². The van der Waals surface area contributed by atoms with Crippen LogP contribution in [0, 0.1) is 11.3 Å². The summed E-state index contributed by atoms with van der Waals surface area (Å²) in [5.74, 6) is 1.77. The van der Waals surface area contributed by atoms with Crippen LogP contribution >= 0.6 is 11.6 Å². The maximum atomic E-state index is 9.68. The number of nitriles is 1. The lowest BCUT2D eigenvalue weighted by molar-refractivity contribution is 0.269. The largest absolute Gasteiger partial charge is 0.490 e. The summed E-state index contributed by atoms with van der Waals surface area (Å²) in [6.07, 6.45) is 1.78.